The highest BCUT2D eigenvalue weighted by Gasteiger charge is 2.21. The van der Waals surface area contributed by atoms with E-state index >= 15 is 0 Å². The van der Waals surface area contributed by atoms with Gasteiger partial charge in [0.1, 0.15) is 6.61 Å². The Labute approximate surface area is 230 Å². The highest BCUT2D eigenvalue weighted by atomic mass is 79.9. The molecule has 0 fully saturated rings. The molecule has 5 rings (SSSR count). The van der Waals surface area contributed by atoms with Gasteiger partial charge in [0.05, 0.1) is 33.7 Å². The molecule has 0 aliphatic rings. The van der Waals surface area contributed by atoms with Gasteiger partial charge in [0.15, 0.2) is 5.82 Å². The predicted octanol–water partition coefficient (Wildman–Crippen LogP) is 6.07. The van der Waals surface area contributed by atoms with Crippen LogP contribution in [-0.2, 0) is 6.61 Å². The molecule has 0 unspecified atom stereocenters. The number of nitro benzene ring substituents is 1. The topological polar surface area (TPSA) is 123 Å². The molecule has 0 atom stereocenters. The number of para-hydroxylation sites is 1. The monoisotopic (exact) mass is 579 g/mol. The van der Waals surface area contributed by atoms with Crippen LogP contribution in [0.5, 0.6) is 5.75 Å². The lowest BCUT2D eigenvalue weighted by Crippen LogP contribution is -2.20. The van der Waals surface area contributed by atoms with E-state index in [1.807, 2.05) is 30.3 Å². The smallest absolute Gasteiger partial charge is 0.312 e. The third-order valence-corrected chi connectivity index (χ3v) is 6.33. The van der Waals surface area contributed by atoms with Crippen LogP contribution < -0.4 is 10.3 Å². The van der Waals surface area contributed by atoms with Gasteiger partial charge in [0.2, 0.25) is 5.75 Å². The molecule has 10 heteroatoms. The van der Waals surface area contributed by atoms with Crippen molar-refractivity contribution >= 4 is 38.7 Å². The van der Waals surface area contributed by atoms with Crippen LogP contribution in [0.25, 0.3) is 22.3 Å². The molecule has 4 aromatic carbocycles. The number of hydrogen-bond acceptors (Lipinski definition) is 7. The largest absolute Gasteiger partial charge is 0.481 e. The fourth-order valence-corrected chi connectivity index (χ4v) is 4.48. The zero-order valence-corrected chi connectivity index (χ0v) is 21.8. The minimum Gasteiger partial charge on any atom is -0.481 e. The molecule has 0 spiro atoms. The SMILES string of the molecule is N#Cc1ccccc1COc1c(C=Nn2c(-c3ccccc3)nc3ccccc3c2=O)cc(Br)cc1[N+](=O)[O-]. The van der Waals surface area contributed by atoms with Crippen LogP contribution in [0, 0.1) is 21.4 Å². The Morgan fingerprint density at radius 3 is 2.54 bits per heavy atom. The molecular weight excluding hydrogens is 562 g/mol. The quantitative estimate of drug-likeness (QED) is 0.131. The second-order valence-electron chi connectivity index (χ2n) is 8.34. The number of nitro groups is 1. The average molecular weight is 580 g/mol. The van der Waals surface area contributed by atoms with Crippen LogP contribution in [0.3, 0.4) is 0 Å². The number of aromatic nitrogens is 2. The number of fused-ring (bicyclic) bond motifs is 1. The number of ether oxygens (including phenoxy) is 1. The third kappa shape index (κ3) is 5.30. The predicted molar refractivity (Wildman–Crippen MR) is 151 cm³/mol. The van der Waals surface area contributed by atoms with Gasteiger partial charge < -0.3 is 4.74 Å². The molecule has 1 heterocycles. The van der Waals surface area contributed by atoms with Gasteiger partial charge in [0.25, 0.3) is 5.56 Å². The van der Waals surface area contributed by atoms with E-state index in [4.69, 9.17) is 4.74 Å². The van der Waals surface area contributed by atoms with E-state index in [1.165, 1.54) is 17.0 Å². The Kier molecular flexibility index (Phi) is 7.25. The molecule has 1 aromatic heterocycles. The van der Waals surface area contributed by atoms with Crippen molar-refractivity contribution < 1.29 is 9.66 Å². The average Bonchev–Trinajstić information content (AvgIpc) is 2.96. The van der Waals surface area contributed by atoms with Crippen molar-refractivity contribution in [3.8, 4) is 23.2 Å². The van der Waals surface area contributed by atoms with Crippen LogP contribution in [0.4, 0.5) is 5.69 Å². The summed E-state index contributed by atoms with van der Waals surface area (Å²) in [6.07, 6.45) is 1.33. The van der Waals surface area contributed by atoms with E-state index in [0.29, 0.717) is 37.9 Å². The van der Waals surface area contributed by atoms with E-state index in [9.17, 15) is 20.2 Å². The number of halogens is 1. The summed E-state index contributed by atoms with van der Waals surface area (Å²) in [6.45, 7) is -0.0835. The Hall–Kier alpha value is -5.14. The summed E-state index contributed by atoms with van der Waals surface area (Å²) in [5, 5.41) is 26.1. The molecule has 39 heavy (non-hydrogen) atoms. The van der Waals surface area contributed by atoms with Crippen LogP contribution in [-0.4, -0.2) is 20.8 Å². The maximum atomic E-state index is 13.5. The Morgan fingerprint density at radius 1 is 1.05 bits per heavy atom. The van der Waals surface area contributed by atoms with Crippen molar-refractivity contribution in [1.82, 2.24) is 9.66 Å². The lowest BCUT2D eigenvalue weighted by Gasteiger charge is -2.12. The van der Waals surface area contributed by atoms with Gasteiger partial charge in [-0.25, -0.2) is 4.98 Å². The van der Waals surface area contributed by atoms with Crippen molar-refractivity contribution in [2.75, 3.05) is 0 Å². The van der Waals surface area contributed by atoms with E-state index in [0.717, 1.165) is 0 Å². The highest BCUT2D eigenvalue weighted by Crippen LogP contribution is 2.35. The fourth-order valence-electron chi connectivity index (χ4n) is 4.02. The number of benzene rings is 4. The summed E-state index contributed by atoms with van der Waals surface area (Å²) in [5.74, 6) is 0.258. The van der Waals surface area contributed by atoms with Crippen molar-refractivity contribution in [1.29, 1.82) is 5.26 Å². The lowest BCUT2D eigenvalue weighted by molar-refractivity contribution is -0.386. The molecule has 0 aliphatic carbocycles. The maximum Gasteiger partial charge on any atom is 0.312 e. The zero-order valence-electron chi connectivity index (χ0n) is 20.2. The molecule has 190 valence electrons. The Morgan fingerprint density at radius 2 is 1.77 bits per heavy atom. The van der Waals surface area contributed by atoms with Gasteiger partial charge in [-0.05, 0) is 24.3 Å². The van der Waals surface area contributed by atoms with E-state index in [1.54, 1.807) is 54.6 Å². The fraction of sp³-hybridized carbons (Fsp3) is 0.0345. The van der Waals surface area contributed by atoms with Gasteiger partial charge in [-0.3, -0.25) is 14.9 Å². The minimum absolute atomic E-state index is 0.0530. The van der Waals surface area contributed by atoms with Crippen LogP contribution in [0.15, 0.2) is 105 Å². The number of rotatable bonds is 7. The molecular formula is C29H18BrN5O4. The molecule has 0 N–H and O–H groups in total. The summed E-state index contributed by atoms with van der Waals surface area (Å²) >= 11 is 3.31. The molecule has 0 aliphatic heterocycles. The molecule has 0 saturated carbocycles. The first-order valence-corrected chi connectivity index (χ1v) is 12.5. The van der Waals surface area contributed by atoms with Gasteiger partial charge in [-0.15, -0.1) is 0 Å². The Bertz CT molecular complexity index is 1850. The Balaban J connectivity index is 1.64. The third-order valence-electron chi connectivity index (χ3n) is 5.87. The van der Waals surface area contributed by atoms with Gasteiger partial charge in [-0.2, -0.15) is 15.0 Å². The van der Waals surface area contributed by atoms with Gasteiger partial charge >= 0.3 is 5.69 Å². The molecule has 0 radical (unpaired) electrons. The van der Waals surface area contributed by atoms with Crippen molar-refractivity contribution in [2.24, 2.45) is 5.10 Å². The molecule has 0 saturated heterocycles. The first-order chi connectivity index (χ1) is 19.0. The summed E-state index contributed by atoms with van der Waals surface area (Å²) < 4.78 is 7.50. The van der Waals surface area contributed by atoms with E-state index in [2.05, 4.69) is 32.1 Å². The summed E-state index contributed by atoms with van der Waals surface area (Å²) in [4.78, 5) is 29.5. The molecule has 0 amide bonds. The van der Waals surface area contributed by atoms with Crippen LogP contribution in [0.1, 0.15) is 16.7 Å². The van der Waals surface area contributed by atoms with Gasteiger partial charge in [-0.1, -0.05) is 76.6 Å². The van der Waals surface area contributed by atoms with Crippen molar-refractivity contribution in [2.45, 2.75) is 6.61 Å². The van der Waals surface area contributed by atoms with Gasteiger partial charge in [0, 0.05) is 27.2 Å². The minimum atomic E-state index is -0.563. The lowest BCUT2D eigenvalue weighted by atomic mass is 10.1. The standard InChI is InChI=1S/C29H18BrN5O4/c30-23-14-22(27(26(15-23)35(37)38)39-18-21-11-5-4-10-20(21)16-31)17-32-34-28(19-8-2-1-3-9-19)33-25-13-7-6-12-24(25)29(34)36/h1-15,17H,18H2. The van der Waals surface area contributed by atoms with Crippen LogP contribution >= 0.6 is 15.9 Å². The van der Waals surface area contributed by atoms with Crippen molar-refractivity contribution in [3.05, 3.63) is 133 Å². The second kappa shape index (κ2) is 11.1. The number of hydrogen-bond donors (Lipinski definition) is 0. The highest BCUT2D eigenvalue weighted by molar-refractivity contribution is 9.10. The van der Waals surface area contributed by atoms with E-state index < -0.39 is 10.5 Å². The first kappa shape index (κ1) is 25.5. The van der Waals surface area contributed by atoms with Crippen LogP contribution in [0.2, 0.25) is 0 Å². The first-order valence-electron chi connectivity index (χ1n) is 11.7. The number of nitriles is 1. The van der Waals surface area contributed by atoms with E-state index in [-0.39, 0.29) is 23.6 Å². The summed E-state index contributed by atoms with van der Waals surface area (Å²) in [5.41, 5.74) is 1.71. The normalized spacial score (nSPS) is 11.0. The molecule has 9 nitrogen and oxygen atoms in total. The maximum absolute atomic E-state index is 13.5. The zero-order chi connectivity index (χ0) is 27.4. The molecule has 0 bridgehead atoms. The summed E-state index contributed by atoms with van der Waals surface area (Å²) in [6, 6.07) is 27.9. The second-order valence-corrected chi connectivity index (χ2v) is 9.25. The number of nitrogens with zero attached hydrogens (tertiary/aromatic N) is 5. The summed E-state index contributed by atoms with van der Waals surface area (Å²) in [7, 11) is 0. The molecule has 5 aromatic rings. The van der Waals surface area contributed by atoms with Crippen molar-refractivity contribution in [3.63, 3.8) is 0 Å².